The van der Waals surface area contributed by atoms with Crippen molar-refractivity contribution in [3.05, 3.63) is 65.4 Å². The summed E-state index contributed by atoms with van der Waals surface area (Å²) in [7, 11) is 0. The zero-order valence-corrected chi connectivity index (χ0v) is 13.2. The smallest absolute Gasteiger partial charge is 0.277 e. The molecule has 2 heterocycles. The molecule has 0 saturated heterocycles. The van der Waals surface area contributed by atoms with Crippen LogP contribution in [0.3, 0.4) is 0 Å². The molecular formula is C17H17N5O. The van der Waals surface area contributed by atoms with E-state index in [-0.39, 0.29) is 11.6 Å². The maximum absolute atomic E-state index is 12.3. The predicted octanol–water partition coefficient (Wildman–Crippen LogP) is 2.84. The number of aromatic nitrogens is 4. The van der Waals surface area contributed by atoms with E-state index in [1.165, 1.54) is 6.20 Å². The molecule has 6 heteroatoms. The van der Waals surface area contributed by atoms with Crippen LogP contribution in [0.1, 0.15) is 27.4 Å². The molecule has 0 atom stereocenters. The number of hydrogen-bond acceptors (Lipinski definition) is 4. The molecule has 0 spiro atoms. The first kappa shape index (κ1) is 14.9. The summed E-state index contributed by atoms with van der Waals surface area (Å²) in [6, 6.07) is 9.75. The molecule has 0 unspecified atom stereocenters. The molecule has 6 nitrogen and oxygen atoms in total. The summed E-state index contributed by atoms with van der Waals surface area (Å²) in [4.78, 5) is 20.5. The minimum absolute atomic E-state index is 0.268. The molecule has 1 amide bonds. The number of rotatable bonds is 3. The van der Waals surface area contributed by atoms with Gasteiger partial charge in [0, 0.05) is 12.3 Å². The van der Waals surface area contributed by atoms with Gasteiger partial charge in [-0.25, -0.2) is 9.67 Å². The fourth-order valence-corrected chi connectivity index (χ4v) is 2.16. The van der Waals surface area contributed by atoms with Crippen LogP contribution in [0.15, 0.2) is 42.7 Å². The van der Waals surface area contributed by atoms with Crippen LogP contribution in [-0.2, 0) is 0 Å². The molecular weight excluding hydrogens is 290 g/mol. The normalized spacial score (nSPS) is 10.6. The third-order valence-electron chi connectivity index (χ3n) is 3.37. The van der Waals surface area contributed by atoms with Gasteiger partial charge in [0.05, 0.1) is 23.3 Å². The van der Waals surface area contributed by atoms with Crippen molar-refractivity contribution in [2.75, 3.05) is 5.32 Å². The summed E-state index contributed by atoms with van der Waals surface area (Å²) in [6.07, 6.45) is 3.03. The van der Waals surface area contributed by atoms with Gasteiger partial charge in [-0.2, -0.15) is 5.10 Å². The number of carbonyl (C=O) groups excluding carboxylic acids is 1. The number of anilines is 1. The van der Waals surface area contributed by atoms with E-state index in [4.69, 9.17) is 0 Å². The molecule has 0 aliphatic heterocycles. The van der Waals surface area contributed by atoms with Crippen LogP contribution in [-0.4, -0.2) is 25.7 Å². The molecule has 0 aliphatic carbocycles. The second-order valence-corrected chi connectivity index (χ2v) is 5.42. The first-order valence-electron chi connectivity index (χ1n) is 7.26. The third-order valence-corrected chi connectivity index (χ3v) is 3.37. The molecule has 0 fully saturated rings. The Hall–Kier alpha value is -3.02. The van der Waals surface area contributed by atoms with Crippen LogP contribution in [0.4, 0.5) is 5.82 Å². The molecule has 116 valence electrons. The van der Waals surface area contributed by atoms with Crippen molar-refractivity contribution in [3.63, 3.8) is 0 Å². The first-order valence-corrected chi connectivity index (χ1v) is 7.26. The summed E-state index contributed by atoms with van der Waals surface area (Å²) in [5.74, 6) is 0.282. The summed E-state index contributed by atoms with van der Waals surface area (Å²) >= 11 is 0. The number of amides is 1. The van der Waals surface area contributed by atoms with E-state index < -0.39 is 0 Å². The maximum Gasteiger partial charge on any atom is 0.277 e. The lowest BCUT2D eigenvalue weighted by Gasteiger charge is -2.09. The highest BCUT2D eigenvalue weighted by Crippen LogP contribution is 2.18. The van der Waals surface area contributed by atoms with Crippen molar-refractivity contribution in [1.82, 2.24) is 19.7 Å². The highest BCUT2D eigenvalue weighted by atomic mass is 16.2. The molecule has 2 aromatic heterocycles. The molecule has 1 N–H and O–H groups in total. The second kappa shape index (κ2) is 6.00. The summed E-state index contributed by atoms with van der Waals surface area (Å²) < 4.78 is 1.70. The predicted molar refractivity (Wildman–Crippen MR) is 87.8 cm³/mol. The van der Waals surface area contributed by atoms with Crippen LogP contribution in [0.2, 0.25) is 0 Å². The minimum atomic E-state index is -0.314. The van der Waals surface area contributed by atoms with Crippen LogP contribution >= 0.6 is 0 Å². The Balaban J connectivity index is 1.90. The Kier molecular flexibility index (Phi) is 3.89. The monoisotopic (exact) mass is 307 g/mol. The lowest BCUT2D eigenvalue weighted by Crippen LogP contribution is -2.16. The molecule has 0 radical (unpaired) electrons. The van der Waals surface area contributed by atoms with E-state index >= 15 is 0 Å². The zero-order chi connectivity index (χ0) is 16.4. The standard InChI is InChI=1S/C17H17N5O/c1-11-4-6-14(7-5-11)22-16(8-12(2)21-22)20-17(23)15-10-18-13(3)9-19-15/h4-10H,1-3H3,(H,20,23). The van der Waals surface area contributed by atoms with Crippen molar-refractivity contribution >= 4 is 11.7 Å². The van der Waals surface area contributed by atoms with Gasteiger partial charge in [0.15, 0.2) is 0 Å². The number of nitrogens with zero attached hydrogens (tertiary/aromatic N) is 4. The fraction of sp³-hybridized carbons (Fsp3) is 0.176. The van der Waals surface area contributed by atoms with Crippen molar-refractivity contribution in [2.24, 2.45) is 0 Å². The van der Waals surface area contributed by atoms with Gasteiger partial charge >= 0.3 is 0 Å². The molecule has 0 bridgehead atoms. The lowest BCUT2D eigenvalue weighted by atomic mass is 10.2. The van der Waals surface area contributed by atoms with Gasteiger partial charge in [0.2, 0.25) is 0 Å². The van der Waals surface area contributed by atoms with Crippen molar-refractivity contribution in [3.8, 4) is 5.69 Å². The SMILES string of the molecule is Cc1ccc(-n2nc(C)cc2NC(=O)c2cnc(C)cn2)cc1. The Morgan fingerprint density at radius 3 is 2.39 bits per heavy atom. The van der Waals surface area contributed by atoms with Gasteiger partial charge in [-0.3, -0.25) is 9.78 Å². The Morgan fingerprint density at radius 2 is 1.74 bits per heavy atom. The van der Waals surface area contributed by atoms with E-state index in [9.17, 15) is 4.79 Å². The highest BCUT2D eigenvalue weighted by Gasteiger charge is 2.13. The van der Waals surface area contributed by atoms with Gasteiger partial charge < -0.3 is 5.32 Å². The van der Waals surface area contributed by atoms with Gasteiger partial charge in [0.25, 0.3) is 5.91 Å². The molecule has 1 aromatic carbocycles. The average molecular weight is 307 g/mol. The number of hydrogen-bond donors (Lipinski definition) is 1. The maximum atomic E-state index is 12.3. The average Bonchev–Trinajstić information content (AvgIpc) is 2.89. The van der Waals surface area contributed by atoms with Crippen LogP contribution in [0, 0.1) is 20.8 Å². The van der Waals surface area contributed by atoms with Crippen molar-refractivity contribution in [1.29, 1.82) is 0 Å². The van der Waals surface area contributed by atoms with Crippen molar-refractivity contribution < 1.29 is 4.79 Å². The van der Waals surface area contributed by atoms with E-state index in [2.05, 4.69) is 20.4 Å². The minimum Gasteiger partial charge on any atom is -0.305 e. The highest BCUT2D eigenvalue weighted by molar-refractivity contribution is 6.02. The van der Waals surface area contributed by atoms with Crippen LogP contribution in [0.25, 0.3) is 5.69 Å². The molecule has 23 heavy (non-hydrogen) atoms. The largest absolute Gasteiger partial charge is 0.305 e. The summed E-state index contributed by atoms with van der Waals surface area (Å²) in [6.45, 7) is 5.73. The second-order valence-electron chi connectivity index (χ2n) is 5.42. The lowest BCUT2D eigenvalue weighted by molar-refractivity contribution is 0.102. The van der Waals surface area contributed by atoms with Gasteiger partial charge in [-0.05, 0) is 32.9 Å². The van der Waals surface area contributed by atoms with Crippen LogP contribution < -0.4 is 5.32 Å². The zero-order valence-electron chi connectivity index (χ0n) is 13.2. The first-order chi connectivity index (χ1) is 11.0. The molecule has 0 aliphatic rings. The quantitative estimate of drug-likeness (QED) is 0.807. The van der Waals surface area contributed by atoms with E-state index in [0.717, 1.165) is 22.6 Å². The Labute approximate surface area is 134 Å². The third kappa shape index (κ3) is 3.26. The van der Waals surface area contributed by atoms with Gasteiger partial charge in [-0.15, -0.1) is 0 Å². The van der Waals surface area contributed by atoms with Crippen LogP contribution in [0.5, 0.6) is 0 Å². The Bertz CT molecular complexity index is 834. The van der Waals surface area contributed by atoms with E-state index in [1.807, 2.05) is 51.1 Å². The molecule has 0 saturated carbocycles. The summed E-state index contributed by atoms with van der Waals surface area (Å²) in [5, 5.41) is 7.28. The topological polar surface area (TPSA) is 72.7 Å². The fourth-order valence-electron chi connectivity index (χ4n) is 2.16. The number of benzene rings is 1. The molecule has 3 rings (SSSR count). The Morgan fingerprint density at radius 1 is 1.00 bits per heavy atom. The van der Waals surface area contributed by atoms with E-state index in [1.54, 1.807) is 10.9 Å². The van der Waals surface area contributed by atoms with Gasteiger partial charge in [-0.1, -0.05) is 17.7 Å². The summed E-state index contributed by atoms with van der Waals surface area (Å²) in [5.41, 5.74) is 3.90. The number of aryl methyl sites for hydroxylation is 3. The van der Waals surface area contributed by atoms with Gasteiger partial charge in [0.1, 0.15) is 11.5 Å². The van der Waals surface area contributed by atoms with Crippen molar-refractivity contribution in [2.45, 2.75) is 20.8 Å². The number of nitrogens with one attached hydrogen (secondary N) is 1. The van der Waals surface area contributed by atoms with E-state index in [0.29, 0.717) is 5.82 Å². The molecule has 3 aromatic rings. The number of carbonyl (C=O) groups is 1.